The Morgan fingerprint density at radius 2 is 0.625 bits per heavy atom. The third kappa shape index (κ3) is 49.3. The zero-order valence-corrected chi connectivity index (χ0v) is 41.5. The molecule has 0 aromatic heterocycles. The van der Waals surface area contributed by atoms with E-state index in [1.54, 1.807) is 0 Å². The molecule has 6 heteroatoms. The van der Waals surface area contributed by atoms with Gasteiger partial charge in [0, 0.05) is 19.3 Å². The third-order valence-corrected chi connectivity index (χ3v) is 10.8. The summed E-state index contributed by atoms with van der Waals surface area (Å²) in [5.41, 5.74) is 0. The van der Waals surface area contributed by atoms with Crippen LogP contribution in [0.4, 0.5) is 0 Å². The van der Waals surface area contributed by atoms with E-state index in [2.05, 4.69) is 118 Å². The first-order valence-corrected chi connectivity index (χ1v) is 26.2. The van der Waals surface area contributed by atoms with E-state index >= 15 is 0 Å². The van der Waals surface area contributed by atoms with Crippen molar-refractivity contribution in [3.63, 3.8) is 0 Å². The van der Waals surface area contributed by atoms with Crippen LogP contribution in [0.15, 0.2) is 97.2 Å². The highest BCUT2D eigenvalue weighted by Gasteiger charge is 2.19. The molecule has 0 heterocycles. The molecule has 6 nitrogen and oxygen atoms in total. The molecule has 0 radical (unpaired) electrons. The Hall–Kier alpha value is -3.67. The standard InChI is InChI=1S/C58H96O6/c1-4-7-10-13-16-19-21-23-25-26-27-28-29-30-31-32-33-35-36-39-42-45-48-51-57(60)63-54-55(53-62-56(59)50-47-44-41-38-18-15-12-9-6-3)64-58(61)52-49-46-43-40-37-34-24-22-20-17-14-11-8-5-2/h7,10,16,19,22-25,27-28,30-31,33,35,39,42,55H,4-6,8-9,11-15,17-18,20-21,26,29,32,34,36-38,40-41,43-54H2,1-3H3/b10-7-,19-16-,24-22-,25-23-,28-27-,31-30-,35-33-,42-39-. The normalized spacial score (nSPS) is 12.9. The third-order valence-electron chi connectivity index (χ3n) is 10.8. The smallest absolute Gasteiger partial charge is 0.306 e. The summed E-state index contributed by atoms with van der Waals surface area (Å²) in [6.45, 7) is 6.43. The molecule has 64 heavy (non-hydrogen) atoms. The molecule has 0 spiro atoms. The van der Waals surface area contributed by atoms with Gasteiger partial charge < -0.3 is 14.2 Å². The number of ether oxygens (including phenoxy) is 3. The van der Waals surface area contributed by atoms with Gasteiger partial charge in [0.05, 0.1) is 0 Å². The summed E-state index contributed by atoms with van der Waals surface area (Å²) in [6, 6.07) is 0. The largest absolute Gasteiger partial charge is 0.462 e. The van der Waals surface area contributed by atoms with Gasteiger partial charge in [-0.05, 0) is 96.3 Å². The number of unbranched alkanes of at least 4 members (excludes halogenated alkanes) is 19. The van der Waals surface area contributed by atoms with Gasteiger partial charge in [0.2, 0.25) is 0 Å². The minimum absolute atomic E-state index is 0.0983. The van der Waals surface area contributed by atoms with E-state index in [1.165, 1.54) is 83.5 Å². The van der Waals surface area contributed by atoms with Crippen molar-refractivity contribution in [1.82, 2.24) is 0 Å². The zero-order valence-electron chi connectivity index (χ0n) is 41.5. The van der Waals surface area contributed by atoms with Crippen LogP contribution in [-0.4, -0.2) is 37.2 Å². The second-order valence-corrected chi connectivity index (χ2v) is 17.1. The van der Waals surface area contributed by atoms with Crippen LogP contribution in [0, 0.1) is 0 Å². The molecule has 0 saturated heterocycles. The Morgan fingerprint density at radius 1 is 0.328 bits per heavy atom. The second kappa shape index (κ2) is 52.0. The minimum atomic E-state index is -0.803. The van der Waals surface area contributed by atoms with Crippen LogP contribution in [0.2, 0.25) is 0 Å². The first-order valence-electron chi connectivity index (χ1n) is 26.2. The molecule has 0 aliphatic carbocycles. The molecule has 0 aliphatic heterocycles. The summed E-state index contributed by atoms with van der Waals surface area (Å²) in [5.74, 6) is -0.975. The highest BCUT2D eigenvalue weighted by atomic mass is 16.6. The molecule has 0 rings (SSSR count). The Morgan fingerprint density at radius 3 is 1.03 bits per heavy atom. The molecule has 0 N–H and O–H groups in total. The van der Waals surface area contributed by atoms with Crippen LogP contribution in [0.1, 0.15) is 233 Å². The number of hydrogen-bond donors (Lipinski definition) is 0. The van der Waals surface area contributed by atoms with Gasteiger partial charge in [0.15, 0.2) is 6.10 Å². The number of carbonyl (C=O) groups excluding carboxylic acids is 3. The van der Waals surface area contributed by atoms with Gasteiger partial charge in [-0.3, -0.25) is 14.4 Å². The van der Waals surface area contributed by atoms with Crippen LogP contribution in [0.25, 0.3) is 0 Å². The molecule has 1 unspecified atom stereocenters. The van der Waals surface area contributed by atoms with Crippen molar-refractivity contribution in [2.75, 3.05) is 13.2 Å². The summed E-state index contributed by atoms with van der Waals surface area (Å²) in [4.78, 5) is 37.9. The molecule has 364 valence electrons. The van der Waals surface area contributed by atoms with Crippen molar-refractivity contribution in [2.24, 2.45) is 0 Å². The van der Waals surface area contributed by atoms with Gasteiger partial charge in [-0.1, -0.05) is 214 Å². The van der Waals surface area contributed by atoms with Gasteiger partial charge >= 0.3 is 17.9 Å². The Balaban J connectivity index is 4.42. The number of hydrogen-bond acceptors (Lipinski definition) is 6. The molecule has 0 amide bonds. The summed E-state index contributed by atoms with van der Waals surface area (Å²) in [6.07, 6.45) is 68.3. The van der Waals surface area contributed by atoms with Crippen LogP contribution in [0.3, 0.4) is 0 Å². The quantitative estimate of drug-likeness (QED) is 0.0262. The zero-order chi connectivity index (χ0) is 46.5. The lowest BCUT2D eigenvalue weighted by molar-refractivity contribution is -0.167. The molecule has 0 aliphatic rings. The van der Waals surface area contributed by atoms with Crippen molar-refractivity contribution in [3.05, 3.63) is 97.2 Å². The molecule has 0 aromatic carbocycles. The van der Waals surface area contributed by atoms with E-state index in [1.807, 2.05) is 0 Å². The van der Waals surface area contributed by atoms with Crippen molar-refractivity contribution < 1.29 is 28.6 Å². The average Bonchev–Trinajstić information content (AvgIpc) is 3.29. The van der Waals surface area contributed by atoms with Crippen molar-refractivity contribution in [3.8, 4) is 0 Å². The van der Waals surface area contributed by atoms with Gasteiger partial charge in [-0.2, -0.15) is 0 Å². The second-order valence-electron chi connectivity index (χ2n) is 17.1. The highest BCUT2D eigenvalue weighted by molar-refractivity contribution is 5.71. The number of rotatable bonds is 46. The molecule has 0 aromatic rings. The van der Waals surface area contributed by atoms with Gasteiger partial charge in [-0.15, -0.1) is 0 Å². The summed E-state index contributed by atoms with van der Waals surface area (Å²) in [7, 11) is 0. The van der Waals surface area contributed by atoms with Crippen LogP contribution in [-0.2, 0) is 28.6 Å². The lowest BCUT2D eigenvalue weighted by Gasteiger charge is -2.18. The van der Waals surface area contributed by atoms with Gasteiger partial charge in [0.1, 0.15) is 13.2 Å². The molecule has 0 fully saturated rings. The predicted molar refractivity (Wildman–Crippen MR) is 274 cm³/mol. The molecule has 0 saturated carbocycles. The molecular formula is C58H96O6. The van der Waals surface area contributed by atoms with E-state index in [0.717, 1.165) is 103 Å². The summed E-state index contributed by atoms with van der Waals surface area (Å²) in [5, 5.41) is 0. The molecule has 0 bridgehead atoms. The van der Waals surface area contributed by atoms with Gasteiger partial charge in [-0.25, -0.2) is 0 Å². The fraction of sp³-hybridized carbons (Fsp3) is 0.672. The van der Waals surface area contributed by atoms with E-state index in [-0.39, 0.29) is 37.5 Å². The Bertz CT molecular complexity index is 1300. The van der Waals surface area contributed by atoms with E-state index in [0.29, 0.717) is 19.3 Å². The maximum atomic E-state index is 12.8. The highest BCUT2D eigenvalue weighted by Crippen LogP contribution is 2.13. The Labute approximate surface area is 394 Å². The predicted octanol–water partition coefficient (Wildman–Crippen LogP) is 17.4. The average molecular weight is 889 g/mol. The summed E-state index contributed by atoms with van der Waals surface area (Å²) >= 11 is 0. The SMILES string of the molecule is CC/C=C\C/C=C\C/C=C\C/C=C\C/C=C\C/C=C\C/C=C\CCCC(=O)OCC(COC(=O)CCCCCCCCCCC)OC(=O)CCCCCCC/C=C\CCCCCCC. The van der Waals surface area contributed by atoms with Crippen LogP contribution in [0.5, 0.6) is 0 Å². The number of carbonyl (C=O) groups is 3. The monoisotopic (exact) mass is 889 g/mol. The van der Waals surface area contributed by atoms with Crippen molar-refractivity contribution >= 4 is 17.9 Å². The summed E-state index contributed by atoms with van der Waals surface area (Å²) < 4.78 is 16.7. The number of allylic oxidation sites excluding steroid dienone is 16. The van der Waals surface area contributed by atoms with Crippen molar-refractivity contribution in [1.29, 1.82) is 0 Å². The fourth-order valence-electron chi connectivity index (χ4n) is 6.90. The molecule has 1 atom stereocenters. The maximum Gasteiger partial charge on any atom is 0.306 e. The van der Waals surface area contributed by atoms with Crippen molar-refractivity contribution in [2.45, 2.75) is 239 Å². The minimum Gasteiger partial charge on any atom is -0.462 e. The van der Waals surface area contributed by atoms with E-state index < -0.39 is 6.10 Å². The fourth-order valence-corrected chi connectivity index (χ4v) is 6.90. The van der Waals surface area contributed by atoms with Crippen LogP contribution >= 0.6 is 0 Å². The first kappa shape index (κ1) is 60.3. The van der Waals surface area contributed by atoms with E-state index in [4.69, 9.17) is 14.2 Å². The van der Waals surface area contributed by atoms with Crippen LogP contribution < -0.4 is 0 Å². The topological polar surface area (TPSA) is 78.9 Å². The maximum absolute atomic E-state index is 12.8. The van der Waals surface area contributed by atoms with E-state index in [9.17, 15) is 14.4 Å². The molecular weight excluding hydrogens is 793 g/mol. The lowest BCUT2D eigenvalue weighted by Crippen LogP contribution is -2.30. The number of esters is 3. The Kier molecular flexibility index (Phi) is 49.0. The first-order chi connectivity index (χ1) is 31.5. The lowest BCUT2D eigenvalue weighted by atomic mass is 10.1. The van der Waals surface area contributed by atoms with Gasteiger partial charge in [0.25, 0.3) is 0 Å².